The number of carboxylic acids is 1. The Morgan fingerprint density at radius 3 is 2.10 bits per heavy atom. The number of aliphatic carboxylic acids is 1. The van der Waals surface area contributed by atoms with Gasteiger partial charge in [-0.3, -0.25) is 4.57 Å². The average Bonchev–Trinajstić information content (AvgIpc) is 2.35. The van der Waals surface area contributed by atoms with Crippen molar-refractivity contribution in [3.05, 3.63) is 35.5 Å². The van der Waals surface area contributed by atoms with Crippen molar-refractivity contribution in [2.75, 3.05) is 19.4 Å². The van der Waals surface area contributed by atoms with Crippen LogP contribution in [0, 0.1) is 0 Å². The third-order valence-corrected chi connectivity index (χ3v) is 4.17. The van der Waals surface area contributed by atoms with E-state index in [-0.39, 0.29) is 6.16 Å². The molecule has 6 heteroatoms. The third-order valence-electron chi connectivity index (χ3n) is 2.23. The van der Waals surface area contributed by atoms with Crippen LogP contribution in [0.3, 0.4) is 0 Å². The van der Waals surface area contributed by atoms with Gasteiger partial charge in [0.1, 0.15) is 0 Å². The standard InChI is InChI=1S/C14H23O5P/c1-5-18-20(17,19-6-2)10-9-13(4)11-12(3)7-8-14(15)16/h7-9,11H,5-6,10H2,1-4H3,(H,15,16)/b8-7+,12-11+,13-9+. The monoisotopic (exact) mass is 302 g/mol. The zero-order valence-electron chi connectivity index (χ0n) is 12.5. The molecule has 0 radical (unpaired) electrons. The van der Waals surface area contributed by atoms with Crippen LogP contribution in [0.5, 0.6) is 0 Å². The molecule has 5 nitrogen and oxygen atoms in total. The lowest BCUT2D eigenvalue weighted by molar-refractivity contribution is -0.131. The van der Waals surface area contributed by atoms with Gasteiger partial charge in [-0.1, -0.05) is 29.4 Å². The van der Waals surface area contributed by atoms with Crippen molar-refractivity contribution in [2.24, 2.45) is 0 Å². The molecule has 0 aliphatic carbocycles. The van der Waals surface area contributed by atoms with Crippen molar-refractivity contribution in [2.45, 2.75) is 27.7 Å². The van der Waals surface area contributed by atoms with E-state index >= 15 is 0 Å². The van der Waals surface area contributed by atoms with E-state index in [2.05, 4.69) is 0 Å². The summed E-state index contributed by atoms with van der Waals surface area (Å²) in [6, 6.07) is 0. The first-order chi connectivity index (χ1) is 9.33. The van der Waals surface area contributed by atoms with Crippen LogP contribution in [0.25, 0.3) is 0 Å². The van der Waals surface area contributed by atoms with Crippen molar-refractivity contribution in [1.29, 1.82) is 0 Å². The summed E-state index contributed by atoms with van der Waals surface area (Å²) in [4.78, 5) is 10.4. The molecule has 0 aliphatic heterocycles. The number of rotatable bonds is 9. The molecular formula is C14H23O5P. The third kappa shape index (κ3) is 8.86. The van der Waals surface area contributed by atoms with Crippen LogP contribution in [0.1, 0.15) is 27.7 Å². The normalized spacial score (nSPS) is 14.0. The molecule has 0 amide bonds. The van der Waals surface area contributed by atoms with Crippen LogP contribution in [0.15, 0.2) is 35.5 Å². The first-order valence-corrected chi connectivity index (χ1v) is 8.20. The van der Waals surface area contributed by atoms with E-state index in [1.807, 2.05) is 13.0 Å². The Kier molecular flexibility index (Phi) is 9.14. The second-order valence-electron chi connectivity index (χ2n) is 4.14. The van der Waals surface area contributed by atoms with Crippen LogP contribution >= 0.6 is 7.60 Å². The predicted molar refractivity (Wildman–Crippen MR) is 80.0 cm³/mol. The molecule has 0 aromatic heterocycles. The lowest BCUT2D eigenvalue weighted by atomic mass is 10.2. The summed E-state index contributed by atoms with van der Waals surface area (Å²) in [6.07, 6.45) is 6.35. The Balaban J connectivity index is 4.75. The Morgan fingerprint density at radius 2 is 1.65 bits per heavy atom. The molecule has 0 saturated carbocycles. The highest BCUT2D eigenvalue weighted by Gasteiger charge is 2.21. The molecule has 0 heterocycles. The molecule has 0 fully saturated rings. The van der Waals surface area contributed by atoms with Crippen molar-refractivity contribution in [1.82, 2.24) is 0 Å². The summed E-state index contributed by atoms with van der Waals surface area (Å²) in [5.74, 6) is -0.989. The predicted octanol–water partition coefficient (Wildman–Crippen LogP) is 3.79. The van der Waals surface area contributed by atoms with Crippen molar-refractivity contribution >= 4 is 13.6 Å². The first-order valence-electron chi connectivity index (χ1n) is 6.47. The van der Waals surface area contributed by atoms with Crippen LogP contribution in [0.2, 0.25) is 0 Å². The SMILES string of the molecule is CCOP(=O)(C/C=C(C)/C=C(C)/C=C/C(=O)O)OCC. The molecule has 0 aromatic rings. The fourth-order valence-electron chi connectivity index (χ4n) is 1.46. The number of hydrogen-bond acceptors (Lipinski definition) is 4. The second-order valence-corrected chi connectivity index (χ2v) is 6.24. The fourth-order valence-corrected chi connectivity index (χ4v) is 3.04. The summed E-state index contributed by atoms with van der Waals surface area (Å²) in [5, 5.41) is 8.53. The van der Waals surface area contributed by atoms with Gasteiger partial charge in [0.25, 0.3) is 0 Å². The van der Waals surface area contributed by atoms with E-state index in [4.69, 9.17) is 14.2 Å². The molecule has 0 rings (SSSR count). The summed E-state index contributed by atoms with van der Waals surface area (Å²) >= 11 is 0. The quantitative estimate of drug-likeness (QED) is 0.398. The summed E-state index contributed by atoms with van der Waals surface area (Å²) in [7, 11) is -3.07. The molecule has 0 aromatic carbocycles. The van der Waals surface area contributed by atoms with E-state index in [0.29, 0.717) is 13.2 Å². The van der Waals surface area contributed by atoms with Gasteiger partial charge >= 0.3 is 13.6 Å². The maximum atomic E-state index is 12.2. The largest absolute Gasteiger partial charge is 0.478 e. The fraction of sp³-hybridized carbons (Fsp3) is 0.500. The zero-order chi connectivity index (χ0) is 15.6. The number of carbonyl (C=O) groups is 1. The average molecular weight is 302 g/mol. The molecule has 0 aliphatic rings. The van der Waals surface area contributed by atoms with Gasteiger partial charge in [-0.15, -0.1) is 0 Å². The van der Waals surface area contributed by atoms with Crippen molar-refractivity contribution in [3.8, 4) is 0 Å². The van der Waals surface area contributed by atoms with Gasteiger partial charge in [0.05, 0.1) is 19.4 Å². The molecule has 114 valence electrons. The van der Waals surface area contributed by atoms with Gasteiger partial charge < -0.3 is 14.2 Å². The van der Waals surface area contributed by atoms with E-state index in [1.165, 1.54) is 6.08 Å². The highest BCUT2D eigenvalue weighted by atomic mass is 31.2. The van der Waals surface area contributed by atoms with Gasteiger partial charge in [-0.2, -0.15) is 0 Å². The molecule has 0 saturated heterocycles. The maximum Gasteiger partial charge on any atom is 0.334 e. The number of carboxylic acid groups (broad SMARTS) is 1. The zero-order valence-corrected chi connectivity index (χ0v) is 13.4. The second kappa shape index (κ2) is 9.70. The van der Waals surface area contributed by atoms with Gasteiger partial charge in [0.2, 0.25) is 0 Å². The summed E-state index contributed by atoms with van der Waals surface area (Å²) in [6.45, 7) is 7.84. The molecule has 20 heavy (non-hydrogen) atoms. The van der Waals surface area contributed by atoms with Gasteiger partial charge in [0, 0.05) is 6.08 Å². The Labute approximate surface area is 120 Å². The minimum absolute atomic E-state index is 0.201. The number of allylic oxidation sites excluding steroid dienone is 5. The van der Waals surface area contributed by atoms with E-state index in [9.17, 15) is 9.36 Å². The molecule has 1 N–H and O–H groups in total. The minimum Gasteiger partial charge on any atom is -0.478 e. The van der Waals surface area contributed by atoms with Crippen LogP contribution < -0.4 is 0 Å². The Bertz CT molecular complexity index is 438. The number of hydrogen-bond donors (Lipinski definition) is 1. The lowest BCUT2D eigenvalue weighted by Crippen LogP contribution is -1.98. The van der Waals surface area contributed by atoms with Crippen LogP contribution in [0.4, 0.5) is 0 Å². The molecule has 0 bridgehead atoms. The summed E-state index contributed by atoms with van der Waals surface area (Å²) in [5.41, 5.74) is 1.67. The van der Waals surface area contributed by atoms with Gasteiger partial charge in [0.15, 0.2) is 0 Å². The smallest absolute Gasteiger partial charge is 0.334 e. The molecule has 0 atom stereocenters. The van der Waals surface area contributed by atoms with Gasteiger partial charge in [-0.05, 0) is 27.7 Å². The molecular weight excluding hydrogens is 279 g/mol. The van der Waals surface area contributed by atoms with Crippen LogP contribution in [-0.4, -0.2) is 30.5 Å². The van der Waals surface area contributed by atoms with E-state index in [1.54, 1.807) is 26.8 Å². The first kappa shape index (κ1) is 18.8. The van der Waals surface area contributed by atoms with E-state index < -0.39 is 13.6 Å². The van der Waals surface area contributed by atoms with Crippen molar-refractivity contribution in [3.63, 3.8) is 0 Å². The Morgan fingerprint density at radius 1 is 1.10 bits per heavy atom. The highest BCUT2D eigenvalue weighted by molar-refractivity contribution is 7.54. The highest BCUT2D eigenvalue weighted by Crippen LogP contribution is 2.48. The minimum atomic E-state index is -3.07. The van der Waals surface area contributed by atoms with Gasteiger partial charge in [-0.25, -0.2) is 4.79 Å². The topological polar surface area (TPSA) is 72.8 Å². The lowest BCUT2D eigenvalue weighted by Gasteiger charge is -2.15. The Hall–Kier alpha value is -1.16. The maximum absolute atomic E-state index is 12.2. The molecule has 0 spiro atoms. The van der Waals surface area contributed by atoms with E-state index in [0.717, 1.165) is 17.2 Å². The summed E-state index contributed by atoms with van der Waals surface area (Å²) < 4.78 is 22.6. The van der Waals surface area contributed by atoms with Crippen molar-refractivity contribution < 1.29 is 23.5 Å². The molecule has 0 unspecified atom stereocenters. The van der Waals surface area contributed by atoms with Crippen LogP contribution in [-0.2, 0) is 18.4 Å².